The molecule has 0 aliphatic rings. The second-order valence-corrected chi connectivity index (χ2v) is 5.64. The van der Waals surface area contributed by atoms with Gasteiger partial charge in [0.25, 0.3) is 0 Å². The van der Waals surface area contributed by atoms with Crippen LogP contribution in [0.4, 0.5) is 4.39 Å². The van der Waals surface area contributed by atoms with E-state index in [1.54, 1.807) is 12.1 Å². The van der Waals surface area contributed by atoms with Crippen molar-refractivity contribution >= 4 is 11.6 Å². The molecule has 0 fully saturated rings. The van der Waals surface area contributed by atoms with Gasteiger partial charge in [-0.05, 0) is 24.7 Å². The number of nitrogens with zero attached hydrogens (tertiary/aromatic N) is 2. The zero-order valence-electron chi connectivity index (χ0n) is 12.8. The number of benzene rings is 2. The molecule has 0 atom stereocenters. The van der Waals surface area contributed by atoms with Gasteiger partial charge in [0, 0.05) is 12.1 Å². The summed E-state index contributed by atoms with van der Waals surface area (Å²) in [5.41, 5.74) is 2.77. The van der Waals surface area contributed by atoms with Gasteiger partial charge in [-0.2, -0.15) is 0 Å². The molecular formula is C18H17ClFN3. The molecule has 1 N–H and O–H groups in total. The fraction of sp³-hybridized carbons (Fsp3) is 0.167. The predicted octanol–water partition coefficient (Wildman–Crippen LogP) is 4.11. The summed E-state index contributed by atoms with van der Waals surface area (Å²) in [6, 6.07) is 16.3. The van der Waals surface area contributed by atoms with Crippen molar-refractivity contribution in [1.29, 1.82) is 0 Å². The molecule has 2 aromatic carbocycles. The van der Waals surface area contributed by atoms with Crippen molar-refractivity contribution in [2.24, 2.45) is 0 Å². The molecule has 118 valence electrons. The molecular weight excluding hydrogens is 313 g/mol. The minimum atomic E-state index is -0.246. The number of hydrogen-bond donors (Lipinski definition) is 1. The number of rotatable bonds is 5. The molecule has 0 saturated heterocycles. The van der Waals surface area contributed by atoms with Crippen LogP contribution in [0.5, 0.6) is 0 Å². The molecule has 0 aliphatic heterocycles. The molecule has 0 bridgehead atoms. The van der Waals surface area contributed by atoms with Gasteiger partial charge in [-0.25, -0.2) is 9.37 Å². The average molecular weight is 330 g/mol. The lowest BCUT2D eigenvalue weighted by Gasteiger charge is -2.09. The third-order valence-electron chi connectivity index (χ3n) is 3.60. The molecule has 3 aromatic rings. The average Bonchev–Trinajstić information content (AvgIpc) is 2.88. The third-order valence-corrected chi connectivity index (χ3v) is 4.02. The normalized spacial score (nSPS) is 10.9. The molecule has 1 heterocycles. The van der Waals surface area contributed by atoms with Crippen LogP contribution in [0.15, 0.2) is 54.6 Å². The van der Waals surface area contributed by atoms with Crippen LogP contribution in [0.2, 0.25) is 5.15 Å². The Kier molecular flexibility index (Phi) is 4.74. The van der Waals surface area contributed by atoms with Crippen molar-refractivity contribution in [1.82, 2.24) is 14.9 Å². The Bertz CT molecular complexity index is 782. The minimum Gasteiger partial charge on any atom is -0.314 e. The maximum atomic E-state index is 13.1. The van der Waals surface area contributed by atoms with E-state index in [-0.39, 0.29) is 5.82 Å². The highest BCUT2D eigenvalue weighted by molar-refractivity contribution is 6.30. The standard InChI is InChI=1S/C18H17ClFN3/c1-21-11-16-17(19)23(12-13-7-9-15(20)10-8-13)18(22-16)14-5-3-2-4-6-14/h2-10,21H,11-12H2,1H3. The highest BCUT2D eigenvalue weighted by Crippen LogP contribution is 2.27. The van der Waals surface area contributed by atoms with Crippen LogP contribution in [-0.2, 0) is 13.1 Å². The van der Waals surface area contributed by atoms with Crippen molar-refractivity contribution < 1.29 is 4.39 Å². The summed E-state index contributed by atoms with van der Waals surface area (Å²) in [4.78, 5) is 4.68. The van der Waals surface area contributed by atoms with Gasteiger partial charge in [-0.1, -0.05) is 54.1 Å². The van der Waals surface area contributed by atoms with Crippen molar-refractivity contribution in [3.05, 3.63) is 76.8 Å². The Morgan fingerprint density at radius 3 is 2.43 bits per heavy atom. The minimum absolute atomic E-state index is 0.246. The Morgan fingerprint density at radius 1 is 1.09 bits per heavy atom. The van der Waals surface area contributed by atoms with E-state index in [4.69, 9.17) is 11.6 Å². The summed E-state index contributed by atoms with van der Waals surface area (Å²) in [5.74, 6) is 0.565. The van der Waals surface area contributed by atoms with Crippen molar-refractivity contribution in [3.63, 3.8) is 0 Å². The van der Waals surface area contributed by atoms with Gasteiger partial charge in [0.05, 0.1) is 12.2 Å². The maximum absolute atomic E-state index is 13.1. The molecule has 0 spiro atoms. The maximum Gasteiger partial charge on any atom is 0.141 e. The van der Waals surface area contributed by atoms with Gasteiger partial charge in [0.2, 0.25) is 0 Å². The van der Waals surface area contributed by atoms with Crippen LogP contribution in [0.25, 0.3) is 11.4 Å². The SMILES string of the molecule is CNCc1nc(-c2ccccc2)n(Cc2ccc(F)cc2)c1Cl. The van der Waals surface area contributed by atoms with Gasteiger partial charge >= 0.3 is 0 Å². The molecule has 1 aromatic heterocycles. The monoisotopic (exact) mass is 329 g/mol. The lowest BCUT2D eigenvalue weighted by molar-refractivity contribution is 0.626. The van der Waals surface area contributed by atoms with Gasteiger partial charge in [-0.3, -0.25) is 0 Å². The fourth-order valence-electron chi connectivity index (χ4n) is 2.49. The highest BCUT2D eigenvalue weighted by atomic mass is 35.5. The molecule has 0 aliphatic carbocycles. The first-order valence-electron chi connectivity index (χ1n) is 7.38. The fourth-order valence-corrected chi connectivity index (χ4v) is 2.74. The number of imidazole rings is 1. The molecule has 0 radical (unpaired) electrons. The molecule has 23 heavy (non-hydrogen) atoms. The zero-order valence-corrected chi connectivity index (χ0v) is 13.5. The summed E-state index contributed by atoms with van der Waals surface area (Å²) < 4.78 is 15.1. The molecule has 0 unspecified atom stereocenters. The lowest BCUT2D eigenvalue weighted by Crippen LogP contribution is -2.06. The first-order valence-corrected chi connectivity index (χ1v) is 7.76. The number of nitrogens with one attached hydrogen (secondary N) is 1. The van der Waals surface area contributed by atoms with E-state index in [0.717, 1.165) is 22.6 Å². The Morgan fingerprint density at radius 2 is 1.78 bits per heavy atom. The first kappa shape index (κ1) is 15.7. The van der Waals surface area contributed by atoms with Crippen LogP contribution in [0.1, 0.15) is 11.3 Å². The highest BCUT2D eigenvalue weighted by Gasteiger charge is 2.16. The van der Waals surface area contributed by atoms with Crippen LogP contribution >= 0.6 is 11.6 Å². The Hall–Kier alpha value is -2.17. The van der Waals surface area contributed by atoms with Crippen LogP contribution in [0.3, 0.4) is 0 Å². The van der Waals surface area contributed by atoms with E-state index in [0.29, 0.717) is 18.2 Å². The van der Waals surface area contributed by atoms with E-state index in [2.05, 4.69) is 10.3 Å². The molecule has 3 rings (SSSR count). The summed E-state index contributed by atoms with van der Waals surface area (Å²) in [5, 5.41) is 3.68. The van der Waals surface area contributed by atoms with Crippen LogP contribution in [-0.4, -0.2) is 16.6 Å². The van der Waals surface area contributed by atoms with E-state index in [1.165, 1.54) is 12.1 Å². The number of hydrogen-bond acceptors (Lipinski definition) is 2. The smallest absolute Gasteiger partial charge is 0.141 e. The summed E-state index contributed by atoms with van der Waals surface area (Å²) >= 11 is 6.53. The van der Waals surface area contributed by atoms with E-state index < -0.39 is 0 Å². The van der Waals surface area contributed by atoms with E-state index in [1.807, 2.05) is 41.9 Å². The topological polar surface area (TPSA) is 29.9 Å². The predicted molar refractivity (Wildman–Crippen MR) is 90.9 cm³/mol. The summed E-state index contributed by atoms with van der Waals surface area (Å²) in [7, 11) is 1.86. The summed E-state index contributed by atoms with van der Waals surface area (Å²) in [6.45, 7) is 1.13. The first-order chi connectivity index (χ1) is 11.2. The molecule has 0 amide bonds. The number of halogens is 2. The van der Waals surface area contributed by atoms with Crippen molar-refractivity contribution in [3.8, 4) is 11.4 Å². The number of aromatic nitrogens is 2. The second kappa shape index (κ2) is 6.94. The van der Waals surface area contributed by atoms with Gasteiger partial charge in [0.15, 0.2) is 0 Å². The van der Waals surface area contributed by atoms with Crippen molar-refractivity contribution in [2.45, 2.75) is 13.1 Å². The summed E-state index contributed by atoms with van der Waals surface area (Å²) in [6.07, 6.45) is 0. The third kappa shape index (κ3) is 3.44. The van der Waals surface area contributed by atoms with E-state index in [9.17, 15) is 4.39 Å². The van der Waals surface area contributed by atoms with Gasteiger partial charge in [0.1, 0.15) is 16.8 Å². The van der Waals surface area contributed by atoms with E-state index >= 15 is 0 Å². The zero-order chi connectivity index (χ0) is 16.2. The van der Waals surface area contributed by atoms with Gasteiger partial charge < -0.3 is 9.88 Å². The van der Waals surface area contributed by atoms with Crippen LogP contribution in [0, 0.1) is 5.82 Å². The molecule has 0 saturated carbocycles. The largest absolute Gasteiger partial charge is 0.314 e. The quantitative estimate of drug-likeness (QED) is 0.763. The Labute approximate surface area is 139 Å². The van der Waals surface area contributed by atoms with Gasteiger partial charge in [-0.15, -0.1) is 0 Å². The lowest BCUT2D eigenvalue weighted by atomic mass is 10.2. The molecule has 5 heteroatoms. The second-order valence-electron chi connectivity index (χ2n) is 5.28. The Balaban J connectivity index is 2.04. The van der Waals surface area contributed by atoms with Crippen LogP contribution < -0.4 is 5.32 Å². The van der Waals surface area contributed by atoms with Crippen molar-refractivity contribution in [2.75, 3.05) is 7.05 Å². The molecule has 3 nitrogen and oxygen atoms in total.